The van der Waals surface area contributed by atoms with Crippen LogP contribution in [0, 0.1) is 0 Å². The summed E-state index contributed by atoms with van der Waals surface area (Å²) >= 11 is 6.45. The van der Waals surface area contributed by atoms with Crippen molar-refractivity contribution in [2.24, 2.45) is 0 Å². The van der Waals surface area contributed by atoms with Crippen LogP contribution in [0.2, 0.25) is 0 Å². The van der Waals surface area contributed by atoms with Gasteiger partial charge < -0.3 is 18.9 Å². The van der Waals surface area contributed by atoms with Crippen molar-refractivity contribution in [2.45, 2.75) is 16.4 Å². The molecule has 0 aliphatic rings. The minimum atomic E-state index is -0.661. The van der Waals surface area contributed by atoms with E-state index < -0.39 is 9.49 Å². The summed E-state index contributed by atoms with van der Waals surface area (Å²) in [6.07, 6.45) is 0. The predicted molar refractivity (Wildman–Crippen MR) is 212 cm³/mol. The molecule has 6 aromatic carbocycles. The van der Waals surface area contributed by atoms with Crippen molar-refractivity contribution in [2.75, 3.05) is 28.4 Å². The SMILES string of the molecule is COc1ccc(C(S)(c2ccccc2)c2ccc(OC)cc2)cc1.COc1ccc(C(SC(C)=O)(c2ccccc2)c2ccc(OC)cc2)cc1. The van der Waals surface area contributed by atoms with E-state index in [4.69, 9.17) is 31.6 Å². The molecule has 6 rings (SSSR count). The van der Waals surface area contributed by atoms with Crippen LogP contribution >= 0.6 is 24.4 Å². The first-order valence-corrected chi connectivity index (χ1v) is 17.7. The smallest absolute Gasteiger partial charge is 0.187 e. The first-order chi connectivity index (χ1) is 24.8. The van der Waals surface area contributed by atoms with Crippen molar-refractivity contribution in [3.8, 4) is 23.0 Å². The number of ether oxygens (including phenoxy) is 4. The molecule has 0 saturated heterocycles. The van der Waals surface area contributed by atoms with Gasteiger partial charge in [0.25, 0.3) is 0 Å². The van der Waals surface area contributed by atoms with Crippen LogP contribution in [0.5, 0.6) is 23.0 Å². The molecule has 0 atom stereocenters. The summed E-state index contributed by atoms with van der Waals surface area (Å²) in [6, 6.07) is 52.3. The molecule has 51 heavy (non-hydrogen) atoms. The highest BCUT2D eigenvalue weighted by Gasteiger charge is 2.39. The molecule has 0 spiro atoms. The van der Waals surface area contributed by atoms with Crippen LogP contribution in [0.1, 0.15) is 40.3 Å². The largest absolute Gasteiger partial charge is 0.497 e. The number of carbonyl (C=O) groups excluding carboxylic acids is 1. The molecule has 5 nitrogen and oxygen atoms in total. The average Bonchev–Trinajstić information content (AvgIpc) is 3.20. The van der Waals surface area contributed by atoms with E-state index in [2.05, 4.69) is 48.5 Å². The Labute approximate surface area is 311 Å². The fraction of sp³-hybridized carbons (Fsp3) is 0.159. The van der Waals surface area contributed by atoms with Gasteiger partial charge in [0.2, 0.25) is 0 Å². The number of carbonyl (C=O) groups is 1. The molecule has 0 aromatic heterocycles. The van der Waals surface area contributed by atoms with E-state index >= 15 is 0 Å². The highest BCUT2D eigenvalue weighted by molar-refractivity contribution is 8.14. The van der Waals surface area contributed by atoms with Crippen molar-refractivity contribution < 1.29 is 23.7 Å². The zero-order valence-corrected chi connectivity index (χ0v) is 31.1. The monoisotopic (exact) mass is 714 g/mol. The fourth-order valence-corrected chi connectivity index (χ4v) is 7.70. The lowest BCUT2D eigenvalue weighted by atomic mass is 9.84. The molecule has 0 N–H and O–H groups in total. The lowest BCUT2D eigenvalue weighted by Crippen LogP contribution is -2.27. The van der Waals surface area contributed by atoms with Crippen molar-refractivity contribution in [3.05, 3.63) is 191 Å². The molecule has 0 aliphatic heterocycles. The van der Waals surface area contributed by atoms with Gasteiger partial charge in [-0.15, -0.1) is 0 Å². The van der Waals surface area contributed by atoms with E-state index in [0.29, 0.717) is 0 Å². The minimum absolute atomic E-state index is 0.0467. The number of thiol groups is 1. The molecule has 0 fully saturated rings. The summed E-state index contributed by atoms with van der Waals surface area (Å²) in [5, 5.41) is 0.0467. The molecule has 0 unspecified atom stereocenters. The Morgan fingerprint density at radius 2 is 0.686 bits per heavy atom. The number of thioether (sulfide) groups is 1. The molecule has 0 aliphatic carbocycles. The maximum Gasteiger partial charge on any atom is 0.187 e. The predicted octanol–water partition coefficient (Wildman–Crippen LogP) is 10.2. The normalized spacial score (nSPS) is 11.1. The van der Waals surface area contributed by atoms with Gasteiger partial charge in [-0.1, -0.05) is 121 Å². The van der Waals surface area contributed by atoms with E-state index in [0.717, 1.165) is 56.4 Å². The number of methoxy groups -OCH3 is 4. The lowest BCUT2D eigenvalue weighted by Gasteiger charge is -2.34. The molecular weight excluding hydrogens is 673 g/mol. The van der Waals surface area contributed by atoms with E-state index in [1.165, 1.54) is 11.8 Å². The van der Waals surface area contributed by atoms with Gasteiger partial charge in [-0.3, -0.25) is 4.79 Å². The summed E-state index contributed by atoms with van der Waals surface area (Å²) in [6.45, 7) is 1.61. The zero-order chi connectivity index (χ0) is 36.3. The second-order valence-electron chi connectivity index (χ2n) is 11.6. The molecule has 0 radical (unpaired) electrons. The van der Waals surface area contributed by atoms with Crippen LogP contribution in [-0.4, -0.2) is 33.6 Å². The average molecular weight is 715 g/mol. The Hall–Kier alpha value is -5.11. The number of hydrogen-bond acceptors (Lipinski definition) is 7. The summed E-state index contributed by atoms with van der Waals surface area (Å²) in [5.74, 6) is 3.22. The second kappa shape index (κ2) is 17.2. The number of hydrogen-bond donors (Lipinski definition) is 1. The van der Waals surface area contributed by atoms with E-state index in [1.54, 1.807) is 35.4 Å². The van der Waals surface area contributed by atoms with E-state index in [1.807, 2.05) is 109 Å². The summed E-state index contributed by atoms with van der Waals surface area (Å²) in [5.41, 5.74) is 6.36. The van der Waals surface area contributed by atoms with Crippen LogP contribution in [0.25, 0.3) is 0 Å². The minimum Gasteiger partial charge on any atom is -0.497 e. The highest BCUT2D eigenvalue weighted by atomic mass is 32.2. The molecule has 7 heteroatoms. The summed E-state index contributed by atoms with van der Waals surface area (Å²) < 4.78 is 20.0. The van der Waals surface area contributed by atoms with Crippen LogP contribution in [0.15, 0.2) is 158 Å². The Morgan fingerprint density at radius 3 is 0.980 bits per heavy atom. The van der Waals surface area contributed by atoms with E-state index in [9.17, 15) is 4.79 Å². The van der Waals surface area contributed by atoms with Crippen molar-refractivity contribution in [1.82, 2.24) is 0 Å². The molecular formula is C44H42O5S2. The molecule has 0 saturated carbocycles. The Kier molecular flexibility index (Phi) is 12.5. The van der Waals surface area contributed by atoms with Gasteiger partial charge in [0.15, 0.2) is 5.12 Å². The summed E-state index contributed by atoms with van der Waals surface area (Å²) in [4.78, 5) is 12.3. The maximum absolute atomic E-state index is 12.3. The van der Waals surface area contributed by atoms with Crippen molar-refractivity contribution in [3.63, 3.8) is 0 Å². The van der Waals surface area contributed by atoms with Crippen LogP contribution in [-0.2, 0) is 14.3 Å². The quantitative estimate of drug-likeness (QED) is 0.107. The second-order valence-corrected chi connectivity index (χ2v) is 13.7. The van der Waals surface area contributed by atoms with Crippen molar-refractivity contribution in [1.29, 1.82) is 0 Å². The van der Waals surface area contributed by atoms with Gasteiger partial charge in [0, 0.05) is 6.92 Å². The van der Waals surface area contributed by atoms with Gasteiger partial charge in [-0.05, 0) is 81.9 Å². The zero-order valence-electron chi connectivity index (χ0n) is 29.4. The number of rotatable bonds is 11. The third-order valence-corrected chi connectivity index (χ3v) is 10.8. The highest BCUT2D eigenvalue weighted by Crippen LogP contribution is 2.49. The molecule has 260 valence electrons. The van der Waals surface area contributed by atoms with Crippen LogP contribution in [0.3, 0.4) is 0 Å². The van der Waals surface area contributed by atoms with Gasteiger partial charge in [0.05, 0.1) is 37.9 Å². The first-order valence-electron chi connectivity index (χ1n) is 16.4. The van der Waals surface area contributed by atoms with Gasteiger partial charge >= 0.3 is 0 Å². The molecule has 6 aromatic rings. The summed E-state index contributed by atoms with van der Waals surface area (Å²) in [7, 11) is 6.63. The van der Waals surface area contributed by atoms with Crippen LogP contribution < -0.4 is 18.9 Å². The van der Waals surface area contributed by atoms with E-state index in [-0.39, 0.29) is 5.12 Å². The molecule has 0 amide bonds. The molecule has 0 heterocycles. The van der Waals surface area contributed by atoms with Gasteiger partial charge in [0.1, 0.15) is 23.0 Å². The number of benzene rings is 6. The Bertz CT molecular complexity index is 1870. The molecule has 0 bridgehead atoms. The topological polar surface area (TPSA) is 54.0 Å². The third kappa shape index (κ3) is 8.28. The Morgan fingerprint density at radius 1 is 0.431 bits per heavy atom. The Balaban J connectivity index is 0.000000199. The lowest BCUT2D eigenvalue weighted by molar-refractivity contribution is -0.109. The van der Waals surface area contributed by atoms with Gasteiger partial charge in [-0.25, -0.2) is 0 Å². The van der Waals surface area contributed by atoms with Gasteiger partial charge in [-0.2, -0.15) is 12.6 Å². The first kappa shape index (κ1) is 37.2. The third-order valence-electron chi connectivity index (χ3n) is 8.68. The standard InChI is InChI=1S/C23H22O3S.C21H20O2S/c1-17(24)27-23(18-7-5-4-6-8-18,19-9-13-21(25-2)14-10-19)20-11-15-22(26-3)16-12-20;1-22-19-12-8-17(9-13-19)21(24,16-6-4-3-5-7-16)18-10-14-20(23-2)15-11-18/h4-16H,1-3H3;3-15,24H,1-2H3. The fourth-order valence-electron chi connectivity index (χ4n) is 6.06. The van der Waals surface area contributed by atoms with Crippen LogP contribution in [0.4, 0.5) is 0 Å². The van der Waals surface area contributed by atoms with Crippen molar-refractivity contribution >= 4 is 29.5 Å². The maximum atomic E-state index is 12.3.